The lowest BCUT2D eigenvalue weighted by Crippen LogP contribution is -2.06. The molecule has 0 aliphatic rings. The van der Waals surface area contributed by atoms with E-state index in [4.69, 9.17) is 5.73 Å². The summed E-state index contributed by atoms with van der Waals surface area (Å²) in [5, 5.41) is 0.626. The third-order valence-electron chi connectivity index (χ3n) is 1.44. The molecule has 4 heteroatoms. The van der Waals surface area contributed by atoms with Gasteiger partial charge in [-0.25, -0.2) is 0 Å². The van der Waals surface area contributed by atoms with Gasteiger partial charge in [-0.2, -0.15) is 0 Å². The molecule has 0 radical (unpaired) electrons. The average molecular weight is 266 g/mol. The van der Waals surface area contributed by atoms with Crippen molar-refractivity contribution in [1.82, 2.24) is 0 Å². The van der Waals surface area contributed by atoms with E-state index in [9.17, 15) is 0 Å². The molecule has 0 saturated heterocycles. The lowest BCUT2D eigenvalue weighted by molar-refractivity contribution is 0.824. The van der Waals surface area contributed by atoms with E-state index in [2.05, 4.69) is 35.0 Å². The van der Waals surface area contributed by atoms with Crippen LogP contribution in [0.15, 0.2) is 20.1 Å². The van der Waals surface area contributed by atoms with E-state index in [0.717, 1.165) is 13.0 Å². The van der Waals surface area contributed by atoms with Gasteiger partial charge in [-0.3, -0.25) is 0 Å². The van der Waals surface area contributed by atoms with Crippen molar-refractivity contribution < 1.29 is 0 Å². The zero-order valence-corrected chi connectivity index (χ0v) is 10.1. The number of hydrogen-bond donors (Lipinski definition) is 1. The summed E-state index contributed by atoms with van der Waals surface area (Å²) >= 11 is 7.12. The summed E-state index contributed by atoms with van der Waals surface area (Å²) in [5.74, 6) is 0. The SMILES string of the molecule is CC(CCN)Sc1ccc(Br)s1. The zero-order valence-electron chi connectivity index (χ0n) is 6.92. The standard InChI is InChI=1S/C8H12BrNS2/c1-6(4-5-10)11-8-3-2-7(9)12-8/h2-3,6H,4-5,10H2,1H3. The van der Waals surface area contributed by atoms with E-state index in [1.807, 2.05) is 11.8 Å². The highest BCUT2D eigenvalue weighted by Gasteiger charge is 2.04. The van der Waals surface area contributed by atoms with Crippen LogP contribution < -0.4 is 5.73 Å². The Morgan fingerprint density at radius 2 is 2.42 bits per heavy atom. The maximum atomic E-state index is 5.47. The van der Waals surface area contributed by atoms with Crippen molar-refractivity contribution in [3.8, 4) is 0 Å². The molecule has 12 heavy (non-hydrogen) atoms. The Labute approximate surface area is 89.9 Å². The summed E-state index contributed by atoms with van der Waals surface area (Å²) in [7, 11) is 0. The van der Waals surface area contributed by atoms with Gasteiger partial charge in [0, 0.05) is 5.25 Å². The molecule has 1 atom stereocenters. The Hall–Kier alpha value is 0.490. The molecule has 68 valence electrons. The number of thiophene rings is 1. The molecule has 1 aromatic heterocycles. The van der Waals surface area contributed by atoms with Crippen LogP contribution in [0.1, 0.15) is 13.3 Å². The molecule has 1 nitrogen and oxygen atoms in total. The van der Waals surface area contributed by atoms with Crippen LogP contribution in [-0.4, -0.2) is 11.8 Å². The van der Waals surface area contributed by atoms with Crippen LogP contribution in [0, 0.1) is 0 Å². The Balaban J connectivity index is 2.41. The molecule has 0 bridgehead atoms. The molecule has 1 aromatic rings. The molecular weight excluding hydrogens is 254 g/mol. The summed E-state index contributed by atoms with van der Waals surface area (Å²) in [5.41, 5.74) is 5.47. The van der Waals surface area contributed by atoms with Crippen LogP contribution in [0.5, 0.6) is 0 Å². The van der Waals surface area contributed by atoms with Crippen LogP contribution in [-0.2, 0) is 0 Å². The molecule has 0 saturated carbocycles. The van der Waals surface area contributed by atoms with Crippen LogP contribution in [0.4, 0.5) is 0 Å². The lowest BCUT2D eigenvalue weighted by atomic mass is 10.3. The van der Waals surface area contributed by atoms with Crippen molar-refractivity contribution >= 4 is 39.0 Å². The highest BCUT2D eigenvalue weighted by molar-refractivity contribution is 9.11. The molecule has 0 aliphatic heterocycles. The molecular formula is C8H12BrNS2. The maximum Gasteiger partial charge on any atom is 0.0710 e. The van der Waals surface area contributed by atoms with Crippen molar-refractivity contribution in [2.75, 3.05) is 6.54 Å². The van der Waals surface area contributed by atoms with Gasteiger partial charge in [-0.15, -0.1) is 23.1 Å². The third kappa shape index (κ3) is 3.47. The number of nitrogens with two attached hydrogens (primary N) is 1. The highest BCUT2D eigenvalue weighted by atomic mass is 79.9. The fourth-order valence-corrected chi connectivity index (χ4v) is 4.05. The second kappa shape index (κ2) is 5.27. The smallest absolute Gasteiger partial charge is 0.0710 e. The summed E-state index contributed by atoms with van der Waals surface area (Å²) in [6, 6.07) is 4.23. The van der Waals surface area contributed by atoms with Gasteiger partial charge in [0.05, 0.1) is 8.00 Å². The van der Waals surface area contributed by atoms with Gasteiger partial charge in [0.25, 0.3) is 0 Å². The van der Waals surface area contributed by atoms with Crippen molar-refractivity contribution in [2.45, 2.75) is 22.8 Å². The van der Waals surface area contributed by atoms with Crippen molar-refractivity contribution in [3.63, 3.8) is 0 Å². The number of halogens is 1. The topological polar surface area (TPSA) is 26.0 Å². The maximum absolute atomic E-state index is 5.47. The van der Waals surface area contributed by atoms with E-state index < -0.39 is 0 Å². The third-order valence-corrected chi connectivity index (χ3v) is 4.40. The Bertz CT molecular complexity index is 237. The Kier molecular flexibility index (Phi) is 4.64. The van der Waals surface area contributed by atoms with Crippen molar-refractivity contribution in [2.24, 2.45) is 5.73 Å². The summed E-state index contributed by atoms with van der Waals surface area (Å²) in [6.07, 6.45) is 1.08. The minimum Gasteiger partial charge on any atom is -0.330 e. The van der Waals surface area contributed by atoms with Gasteiger partial charge >= 0.3 is 0 Å². The molecule has 0 spiro atoms. The van der Waals surface area contributed by atoms with E-state index in [0.29, 0.717) is 5.25 Å². The largest absolute Gasteiger partial charge is 0.330 e. The van der Waals surface area contributed by atoms with E-state index in [-0.39, 0.29) is 0 Å². The molecule has 1 unspecified atom stereocenters. The minimum absolute atomic E-state index is 0.626. The molecule has 0 aliphatic carbocycles. The van der Waals surface area contributed by atoms with Gasteiger partial charge < -0.3 is 5.73 Å². The van der Waals surface area contributed by atoms with E-state index >= 15 is 0 Å². The monoisotopic (exact) mass is 265 g/mol. The Morgan fingerprint density at radius 1 is 1.67 bits per heavy atom. The second-order valence-corrected chi connectivity index (χ2v) is 6.77. The molecule has 1 heterocycles. The number of thioether (sulfide) groups is 1. The minimum atomic E-state index is 0.626. The van der Waals surface area contributed by atoms with Gasteiger partial charge in [0.1, 0.15) is 0 Å². The first kappa shape index (κ1) is 10.6. The summed E-state index contributed by atoms with van der Waals surface area (Å²) in [6.45, 7) is 2.99. The second-order valence-electron chi connectivity index (χ2n) is 2.56. The van der Waals surface area contributed by atoms with Crippen molar-refractivity contribution in [1.29, 1.82) is 0 Å². The number of hydrogen-bond acceptors (Lipinski definition) is 3. The first-order valence-corrected chi connectivity index (χ1v) is 6.33. The van der Waals surface area contributed by atoms with Crippen molar-refractivity contribution in [3.05, 3.63) is 15.9 Å². The average Bonchev–Trinajstić information content (AvgIpc) is 2.36. The first-order chi connectivity index (χ1) is 5.72. The summed E-state index contributed by atoms with van der Waals surface area (Å²) < 4.78 is 2.56. The molecule has 1 rings (SSSR count). The quantitative estimate of drug-likeness (QED) is 0.846. The normalized spacial score (nSPS) is 13.2. The number of rotatable bonds is 4. The molecule has 0 fully saturated rings. The van der Waals surface area contributed by atoms with E-state index in [1.165, 1.54) is 8.00 Å². The van der Waals surface area contributed by atoms with Gasteiger partial charge in [0.2, 0.25) is 0 Å². The predicted molar refractivity (Wildman–Crippen MR) is 61.0 cm³/mol. The van der Waals surface area contributed by atoms with Gasteiger partial charge in [-0.05, 0) is 41.0 Å². The first-order valence-electron chi connectivity index (χ1n) is 3.84. The van der Waals surface area contributed by atoms with Gasteiger partial charge in [0.15, 0.2) is 0 Å². The van der Waals surface area contributed by atoms with Crippen LogP contribution in [0.2, 0.25) is 0 Å². The highest BCUT2D eigenvalue weighted by Crippen LogP contribution is 2.33. The molecule has 0 amide bonds. The zero-order chi connectivity index (χ0) is 8.97. The molecule has 0 aromatic carbocycles. The summed E-state index contributed by atoms with van der Waals surface area (Å²) in [4.78, 5) is 0. The van der Waals surface area contributed by atoms with E-state index in [1.54, 1.807) is 11.3 Å². The fraction of sp³-hybridized carbons (Fsp3) is 0.500. The lowest BCUT2D eigenvalue weighted by Gasteiger charge is -2.06. The predicted octanol–water partition coefficient (Wildman–Crippen LogP) is 3.34. The van der Waals surface area contributed by atoms with Gasteiger partial charge in [-0.1, -0.05) is 6.92 Å². The van der Waals surface area contributed by atoms with Crippen LogP contribution in [0.25, 0.3) is 0 Å². The fourth-order valence-electron chi connectivity index (χ4n) is 0.853. The Morgan fingerprint density at radius 3 is 2.92 bits per heavy atom. The van der Waals surface area contributed by atoms with Crippen LogP contribution >= 0.6 is 39.0 Å². The molecule has 2 N–H and O–H groups in total. The van der Waals surface area contributed by atoms with Crippen LogP contribution in [0.3, 0.4) is 0 Å².